The van der Waals surface area contributed by atoms with Crippen molar-refractivity contribution in [2.45, 2.75) is 18.4 Å². The number of carbonyl (C=O) groups is 1. The minimum atomic E-state index is -3.82. The predicted octanol–water partition coefficient (Wildman–Crippen LogP) is 5.07. The third-order valence-electron chi connectivity index (χ3n) is 5.42. The number of sulfonamides is 1. The maximum atomic E-state index is 13.2. The van der Waals surface area contributed by atoms with Crippen LogP contribution in [0.15, 0.2) is 102 Å². The molecule has 0 radical (unpaired) electrons. The SMILES string of the molecule is CCN(CC(=O)Nc1ccc(OCc2ccccc2)cc1)S(=O)(=O)c1ccc2ccccc2c1. The van der Waals surface area contributed by atoms with Crippen LogP contribution in [0.5, 0.6) is 5.75 Å². The van der Waals surface area contributed by atoms with Crippen LogP contribution in [0.1, 0.15) is 12.5 Å². The van der Waals surface area contributed by atoms with E-state index in [9.17, 15) is 13.2 Å². The van der Waals surface area contributed by atoms with Gasteiger partial charge in [0.1, 0.15) is 12.4 Å². The number of nitrogens with one attached hydrogen (secondary N) is 1. The summed E-state index contributed by atoms with van der Waals surface area (Å²) in [6, 6.07) is 29.4. The number of amides is 1. The lowest BCUT2D eigenvalue weighted by atomic mass is 10.1. The molecule has 0 saturated carbocycles. The monoisotopic (exact) mass is 474 g/mol. The van der Waals surface area contributed by atoms with Gasteiger partial charge in [0, 0.05) is 12.2 Å². The van der Waals surface area contributed by atoms with Gasteiger partial charge >= 0.3 is 0 Å². The van der Waals surface area contributed by atoms with Crippen molar-refractivity contribution in [1.29, 1.82) is 0 Å². The van der Waals surface area contributed by atoms with E-state index >= 15 is 0 Å². The fourth-order valence-corrected chi connectivity index (χ4v) is 5.02. The Morgan fingerprint density at radius 3 is 2.24 bits per heavy atom. The molecule has 6 nitrogen and oxygen atoms in total. The van der Waals surface area contributed by atoms with Crippen LogP contribution >= 0.6 is 0 Å². The lowest BCUT2D eigenvalue weighted by Gasteiger charge is -2.20. The van der Waals surface area contributed by atoms with Crippen molar-refractivity contribution < 1.29 is 17.9 Å². The molecule has 7 heteroatoms. The Morgan fingerprint density at radius 1 is 0.853 bits per heavy atom. The van der Waals surface area contributed by atoms with Crippen molar-refractivity contribution in [1.82, 2.24) is 4.31 Å². The van der Waals surface area contributed by atoms with E-state index in [0.717, 1.165) is 16.3 Å². The standard InChI is InChI=1S/C27H26N2O4S/c1-2-29(34(31,32)26-17-12-22-10-6-7-11-23(22)18-26)19-27(30)28-24-13-15-25(16-14-24)33-20-21-8-4-3-5-9-21/h3-18H,2,19-20H2,1H3,(H,28,30). The molecule has 0 aliphatic rings. The second kappa shape index (κ2) is 10.5. The zero-order chi connectivity index (χ0) is 24.0. The Balaban J connectivity index is 1.38. The third-order valence-corrected chi connectivity index (χ3v) is 7.33. The summed E-state index contributed by atoms with van der Waals surface area (Å²) in [6.07, 6.45) is 0. The second-order valence-corrected chi connectivity index (χ2v) is 9.72. The summed E-state index contributed by atoms with van der Waals surface area (Å²) in [5, 5.41) is 4.55. The van der Waals surface area contributed by atoms with E-state index in [2.05, 4.69) is 5.32 Å². The fraction of sp³-hybridized carbons (Fsp3) is 0.148. The molecule has 4 aromatic carbocycles. The van der Waals surface area contributed by atoms with Gasteiger partial charge in [-0.05, 0) is 52.7 Å². The number of fused-ring (bicyclic) bond motifs is 1. The summed E-state index contributed by atoms with van der Waals surface area (Å²) >= 11 is 0. The summed E-state index contributed by atoms with van der Waals surface area (Å²) in [4.78, 5) is 12.8. The normalized spacial score (nSPS) is 11.5. The Hall–Kier alpha value is -3.68. The van der Waals surface area contributed by atoms with Crippen molar-refractivity contribution in [3.8, 4) is 5.75 Å². The van der Waals surface area contributed by atoms with Crippen molar-refractivity contribution in [3.05, 3.63) is 103 Å². The van der Waals surface area contributed by atoms with Crippen molar-refractivity contribution in [2.24, 2.45) is 0 Å². The molecule has 0 aliphatic carbocycles. The summed E-state index contributed by atoms with van der Waals surface area (Å²) in [5.74, 6) is 0.264. The molecular weight excluding hydrogens is 448 g/mol. The lowest BCUT2D eigenvalue weighted by Crippen LogP contribution is -2.37. The van der Waals surface area contributed by atoms with Gasteiger partial charge in [0.15, 0.2) is 0 Å². The molecule has 0 bridgehead atoms. The van der Waals surface area contributed by atoms with Crippen molar-refractivity contribution in [3.63, 3.8) is 0 Å². The predicted molar refractivity (Wildman–Crippen MR) is 134 cm³/mol. The first-order valence-corrected chi connectivity index (χ1v) is 12.5. The highest BCUT2D eigenvalue weighted by atomic mass is 32.2. The molecule has 0 spiro atoms. The van der Waals surface area contributed by atoms with Crippen LogP contribution in [0.2, 0.25) is 0 Å². The van der Waals surface area contributed by atoms with E-state index in [-0.39, 0.29) is 18.0 Å². The number of likely N-dealkylation sites (N-methyl/N-ethyl adjacent to an activating group) is 1. The summed E-state index contributed by atoms with van der Waals surface area (Å²) in [5.41, 5.74) is 1.63. The van der Waals surface area contributed by atoms with E-state index in [4.69, 9.17) is 4.74 Å². The molecule has 34 heavy (non-hydrogen) atoms. The van der Waals surface area contributed by atoms with Crippen LogP contribution in [0.3, 0.4) is 0 Å². The quantitative estimate of drug-likeness (QED) is 0.368. The highest BCUT2D eigenvalue weighted by molar-refractivity contribution is 7.89. The molecule has 4 aromatic rings. The Bertz CT molecular complexity index is 1370. The summed E-state index contributed by atoms with van der Waals surface area (Å²) < 4.78 is 33.2. The number of anilines is 1. The smallest absolute Gasteiger partial charge is 0.243 e. The summed E-state index contributed by atoms with van der Waals surface area (Å²) in [7, 11) is -3.82. The van der Waals surface area contributed by atoms with Crippen LogP contribution in [0.25, 0.3) is 10.8 Å². The molecular formula is C27H26N2O4S. The average molecular weight is 475 g/mol. The van der Waals surface area contributed by atoms with Gasteiger partial charge < -0.3 is 10.1 Å². The Morgan fingerprint density at radius 2 is 1.53 bits per heavy atom. The largest absolute Gasteiger partial charge is 0.489 e. The molecule has 0 aromatic heterocycles. The number of ether oxygens (including phenoxy) is 1. The number of rotatable bonds is 9. The number of hydrogen-bond acceptors (Lipinski definition) is 4. The highest BCUT2D eigenvalue weighted by Crippen LogP contribution is 2.22. The Kier molecular flexibility index (Phi) is 7.25. The van der Waals surface area contributed by atoms with Crippen molar-refractivity contribution >= 4 is 32.4 Å². The van der Waals surface area contributed by atoms with Gasteiger partial charge in [-0.15, -0.1) is 0 Å². The highest BCUT2D eigenvalue weighted by Gasteiger charge is 2.25. The average Bonchev–Trinajstić information content (AvgIpc) is 2.87. The van der Waals surface area contributed by atoms with Gasteiger partial charge in [0.05, 0.1) is 11.4 Å². The van der Waals surface area contributed by atoms with Crippen molar-refractivity contribution in [2.75, 3.05) is 18.4 Å². The molecule has 0 heterocycles. The number of benzene rings is 4. The number of hydrogen-bond donors (Lipinski definition) is 1. The molecule has 1 amide bonds. The minimum Gasteiger partial charge on any atom is -0.489 e. The fourth-order valence-electron chi connectivity index (χ4n) is 3.58. The molecule has 4 rings (SSSR count). The van der Waals surface area contributed by atoms with Gasteiger partial charge in [0.25, 0.3) is 0 Å². The third kappa shape index (κ3) is 5.62. The van der Waals surface area contributed by atoms with Gasteiger partial charge in [-0.25, -0.2) is 8.42 Å². The second-order valence-electron chi connectivity index (χ2n) is 7.79. The van der Waals surface area contributed by atoms with Crippen LogP contribution in [-0.2, 0) is 21.4 Å². The van der Waals surface area contributed by atoms with E-state index in [0.29, 0.717) is 18.0 Å². The van der Waals surface area contributed by atoms with Gasteiger partial charge in [0.2, 0.25) is 15.9 Å². The molecule has 0 aliphatic heterocycles. The van der Waals surface area contributed by atoms with E-state index in [1.54, 1.807) is 49.4 Å². The van der Waals surface area contributed by atoms with Crippen LogP contribution in [0, 0.1) is 0 Å². The first-order valence-electron chi connectivity index (χ1n) is 11.0. The molecule has 0 fully saturated rings. The van der Waals surface area contributed by atoms with Crippen LogP contribution < -0.4 is 10.1 Å². The van der Waals surface area contributed by atoms with E-state index < -0.39 is 15.9 Å². The van der Waals surface area contributed by atoms with Crippen LogP contribution in [-0.4, -0.2) is 31.7 Å². The lowest BCUT2D eigenvalue weighted by molar-refractivity contribution is -0.116. The number of carbonyl (C=O) groups excluding carboxylic acids is 1. The maximum Gasteiger partial charge on any atom is 0.243 e. The molecule has 0 unspecified atom stereocenters. The summed E-state index contributed by atoms with van der Waals surface area (Å²) in [6.45, 7) is 2.06. The first kappa shape index (κ1) is 23.5. The van der Waals surface area contributed by atoms with E-state index in [1.165, 1.54) is 4.31 Å². The maximum absolute atomic E-state index is 13.2. The van der Waals surface area contributed by atoms with Gasteiger partial charge in [-0.2, -0.15) is 4.31 Å². The molecule has 174 valence electrons. The van der Waals surface area contributed by atoms with Gasteiger partial charge in [-0.3, -0.25) is 4.79 Å². The number of nitrogens with zero attached hydrogens (tertiary/aromatic N) is 1. The zero-order valence-electron chi connectivity index (χ0n) is 18.8. The topological polar surface area (TPSA) is 75.7 Å². The first-order chi connectivity index (χ1) is 16.5. The Labute approximate surface area is 199 Å². The van der Waals surface area contributed by atoms with E-state index in [1.807, 2.05) is 54.6 Å². The minimum absolute atomic E-state index is 0.167. The molecule has 0 atom stereocenters. The van der Waals surface area contributed by atoms with Gasteiger partial charge in [-0.1, -0.05) is 67.6 Å². The molecule has 1 N–H and O–H groups in total. The molecule has 0 saturated heterocycles. The zero-order valence-corrected chi connectivity index (χ0v) is 19.7. The van der Waals surface area contributed by atoms with Crippen LogP contribution in [0.4, 0.5) is 5.69 Å².